The Kier molecular flexibility index (Phi) is 3.98. The molecule has 0 heterocycles. The molecule has 2 N–H and O–H groups in total. The van der Waals surface area contributed by atoms with Crippen LogP contribution < -0.4 is 5.73 Å². The zero-order valence-corrected chi connectivity index (χ0v) is 8.89. The van der Waals surface area contributed by atoms with E-state index in [-0.39, 0.29) is 0 Å². The van der Waals surface area contributed by atoms with Crippen LogP contribution in [0.5, 0.6) is 0 Å². The Morgan fingerprint density at radius 3 is 2.54 bits per heavy atom. The normalized spacial score (nSPS) is 23.8. The highest BCUT2D eigenvalue weighted by atomic mass is 14.7. The van der Waals surface area contributed by atoms with Crippen molar-refractivity contribution in [1.29, 1.82) is 0 Å². The minimum Gasteiger partial charge on any atom is -0.327 e. The fourth-order valence-electron chi connectivity index (χ4n) is 2.38. The highest BCUT2D eigenvalue weighted by Gasteiger charge is 2.32. The van der Waals surface area contributed by atoms with Crippen molar-refractivity contribution < 1.29 is 0 Å². The lowest BCUT2D eigenvalue weighted by atomic mass is 9.70. The maximum Gasteiger partial charge on any atom is 0.00958 e. The van der Waals surface area contributed by atoms with Crippen LogP contribution >= 0.6 is 0 Å². The first-order valence-corrected chi connectivity index (χ1v) is 5.55. The molecule has 0 aromatic heterocycles. The Balaban J connectivity index is 2.41. The second kappa shape index (κ2) is 4.80. The molecule has 1 fully saturated rings. The van der Waals surface area contributed by atoms with Crippen LogP contribution in [0.15, 0.2) is 12.7 Å². The smallest absolute Gasteiger partial charge is 0.00958 e. The van der Waals surface area contributed by atoms with E-state index in [0.717, 1.165) is 12.8 Å². The lowest BCUT2D eigenvalue weighted by Crippen LogP contribution is -2.40. The van der Waals surface area contributed by atoms with Gasteiger partial charge in [-0.05, 0) is 31.1 Å². The van der Waals surface area contributed by atoms with Crippen LogP contribution in [0.3, 0.4) is 0 Å². The molecule has 13 heavy (non-hydrogen) atoms. The Bertz CT molecular complexity index is 157. The predicted octanol–water partition coefficient (Wildman–Crippen LogP) is 3.25. The molecule has 0 saturated heterocycles. The first kappa shape index (κ1) is 10.8. The van der Waals surface area contributed by atoms with Crippen molar-refractivity contribution in [1.82, 2.24) is 0 Å². The summed E-state index contributed by atoms with van der Waals surface area (Å²) in [5.41, 5.74) is 6.64. The molecule has 0 radical (unpaired) electrons. The van der Waals surface area contributed by atoms with Gasteiger partial charge in [0.25, 0.3) is 0 Å². The van der Waals surface area contributed by atoms with Gasteiger partial charge in [-0.2, -0.15) is 0 Å². The quantitative estimate of drug-likeness (QED) is 0.662. The van der Waals surface area contributed by atoms with Gasteiger partial charge in [0.2, 0.25) is 0 Å². The van der Waals surface area contributed by atoms with Gasteiger partial charge in [0, 0.05) is 6.04 Å². The van der Waals surface area contributed by atoms with Gasteiger partial charge >= 0.3 is 0 Å². The summed E-state index contributed by atoms with van der Waals surface area (Å²) in [6.07, 6.45) is 11.0. The zero-order chi connectivity index (χ0) is 9.73. The van der Waals surface area contributed by atoms with E-state index in [1.807, 2.05) is 6.08 Å². The van der Waals surface area contributed by atoms with E-state index in [4.69, 9.17) is 5.73 Å². The molecule has 1 saturated carbocycles. The van der Waals surface area contributed by atoms with Crippen LogP contribution in [0.1, 0.15) is 51.9 Å². The highest BCUT2D eigenvalue weighted by Crippen LogP contribution is 2.39. The molecule has 0 spiro atoms. The number of allylic oxidation sites excluding steroid dienone is 1. The molecule has 1 rings (SSSR count). The van der Waals surface area contributed by atoms with Crippen molar-refractivity contribution in [2.75, 3.05) is 0 Å². The van der Waals surface area contributed by atoms with E-state index in [1.165, 1.54) is 32.1 Å². The average molecular weight is 181 g/mol. The number of rotatable bonds is 4. The molecule has 0 aromatic rings. The lowest BCUT2D eigenvalue weighted by Gasteiger charge is -2.38. The lowest BCUT2D eigenvalue weighted by molar-refractivity contribution is 0.164. The minimum absolute atomic E-state index is 0.380. The number of nitrogens with two attached hydrogens (primary N) is 1. The summed E-state index contributed by atoms with van der Waals surface area (Å²) >= 11 is 0. The molecule has 0 aliphatic heterocycles. The van der Waals surface area contributed by atoms with Gasteiger partial charge in [-0.15, -0.1) is 6.58 Å². The third kappa shape index (κ3) is 2.84. The topological polar surface area (TPSA) is 26.0 Å². The number of hydrogen-bond acceptors (Lipinski definition) is 1. The minimum atomic E-state index is 0.380. The first-order valence-electron chi connectivity index (χ1n) is 5.55. The summed E-state index contributed by atoms with van der Waals surface area (Å²) in [5.74, 6) is 0. The fourth-order valence-corrected chi connectivity index (χ4v) is 2.38. The Hall–Kier alpha value is -0.300. The van der Waals surface area contributed by atoms with Gasteiger partial charge in [0.1, 0.15) is 0 Å². The largest absolute Gasteiger partial charge is 0.327 e. The van der Waals surface area contributed by atoms with Gasteiger partial charge in [-0.25, -0.2) is 0 Å². The molecule has 0 amide bonds. The van der Waals surface area contributed by atoms with E-state index in [0.29, 0.717) is 11.5 Å². The molecule has 1 atom stereocenters. The summed E-state index contributed by atoms with van der Waals surface area (Å²) in [6, 6.07) is 0.380. The van der Waals surface area contributed by atoms with Crippen LogP contribution in [0.4, 0.5) is 0 Å². The Morgan fingerprint density at radius 1 is 1.38 bits per heavy atom. The average Bonchev–Trinajstić information content (AvgIpc) is 2.15. The SMILES string of the molecule is C=CCCC(N)C1(C)CCCCC1. The molecule has 1 heteroatoms. The van der Waals surface area contributed by atoms with Gasteiger partial charge in [-0.3, -0.25) is 0 Å². The molecule has 0 bridgehead atoms. The summed E-state index contributed by atoms with van der Waals surface area (Å²) in [5, 5.41) is 0. The second-order valence-corrected chi connectivity index (χ2v) is 4.69. The third-order valence-electron chi connectivity index (χ3n) is 3.57. The standard InChI is InChI=1S/C12H23N/c1-3-4-8-11(13)12(2)9-6-5-7-10-12/h3,11H,1,4-10,13H2,2H3. The summed E-state index contributed by atoms with van der Waals surface area (Å²) in [6.45, 7) is 6.11. The first-order chi connectivity index (χ1) is 6.19. The summed E-state index contributed by atoms with van der Waals surface area (Å²) in [4.78, 5) is 0. The van der Waals surface area contributed by atoms with Gasteiger partial charge in [-0.1, -0.05) is 32.3 Å². The maximum absolute atomic E-state index is 6.22. The molecular formula is C12H23N. The van der Waals surface area contributed by atoms with Crippen molar-refractivity contribution in [3.63, 3.8) is 0 Å². The molecule has 1 unspecified atom stereocenters. The van der Waals surface area contributed by atoms with Gasteiger partial charge in [0.05, 0.1) is 0 Å². The van der Waals surface area contributed by atoms with E-state index >= 15 is 0 Å². The second-order valence-electron chi connectivity index (χ2n) is 4.69. The molecule has 1 nitrogen and oxygen atoms in total. The van der Waals surface area contributed by atoms with Crippen molar-refractivity contribution in [3.8, 4) is 0 Å². The third-order valence-corrected chi connectivity index (χ3v) is 3.57. The van der Waals surface area contributed by atoms with Crippen LogP contribution in [-0.2, 0) is 0 Å². The molecule has 0 aromatic carbocycles. The van der Waals surface area contributed by atoms with E-state index in [2.05, 4.69) is 13.5 Å². The van der Waals surface area contributed by atoms with Crippen molar-refractivity contribution in [3.05, 3.63) is 12.7 Å². The predicted molar refractivity (Wildman–Crippen MR) is 58.6 cm³/mol. The molecule has 76 valence electrons. The zero-order valence-electron chi connectivity index (χ0n) is 8.89. The van der Waals surface area contributed by atoms with E-state index in [1.54, 1.807) is 0 Å². The van der Waals surface area contributed by atoms with Crippen LogP contribution in [-0.4, -0.2) is 6.04 Å². The van der Waals surface area contributed by atoms with Crippen LogP contribution in [0.25, 0.3) is 0 Å². The maximum atomic E-state index is 6.22. The Morgan fingerprint density at radius 2 is 2.00 bits per heavy atom. The Labute approximate surface area is 82.4 Å². The van der Waals surface area contributed by atoms with Crippen LogP contribution in [0, 0.1) is 5.41 Å². The molecule has 1 aliphatic carbocycles. The van der Waals surface area contributed by atoms with E-state index < -0.39 is 0 Å². The van der Waals surface area contributed by atoms with Gasteiger partial charge < -0.3 is 5.73 Å². The van der Waals surface area contributed by atoms with Crippen LogP contribution in [0.2, 0.25) is 0 Å². The molecular weight excluding hydrogens is 158 g/mol. The highest BCUT2D eigenvalue weighted by molar-refractivity contribution is 4.89. The summed E-state index contributed by atoms with van der Waals surface area (Å²) < 4.78 is 0. The summed E-state index contributed by atoms with van der Waals surface area (Å²) in [7, 11) is 0. The monoisotopic (exact) mass is 181 g/mol. The van der Waals surface area contributed by atoms with Crippen molar-refractivity contribution in [2.45, 2.75) is 57.9 Å². The fraction of sp³-hybridized carbons (Fsp3) is 0.833. The number of hydrogen-bond donors (Lipinski definition) is 1. The van der Waals surface area contributed by atoms with Gasteiger partial charge in [0.15, 0.2) is 0 Å². The van der Waals surface area contributed by atoms with E-state index in [9.17, 15) is 0 Å². The van der Waals surface area contributed by atoms with Crippen molar-refractivity contribution in [2.24, 2.45) is 11.1 Å². The molecule has 1 aliphatic rings. The van der Waals surface area contributed by atoms with Crippen molar-refractivity contribution >= 4 is 0 Å².